The fourth-order valence-electron chi connectivity index (χ4n) is 8.42. The van der Waals surface area contributed by atoms with Crippen molar-refractivity contribution in [1.82, 2.24) is 0 Å². The number of esters is 1. The molecule has 3 unspecified atom stereocenters. The molecule has 0 N–H and O–H groups in total. The summed E-state index contributed by atoms with van der Waals surface area (Å²) in [4.78, 5) is 12.3. The monoisotopic (exact) mass is 808 g/mol. The van der Waals surface area contributed by atoms with Crippen molar-refractivity contribution in [2.75, 3.05) is 30.5 Å². The van der Waals surface area contributed by atoms with Crippen LogP contribution < -0.4 is 4.74 Å². The van der Waals surface area contributed by atoms with E-state index in [0.29, 0.717) is 23.9 Å². The molecule has 2 aromatic rings. The maximum Gasteiger partial charge on any atom is 0.333 e. The summed E-state index contributed by atoms with van der Waals surface area (Å²) in [6, 6.07) is 11.1. The number of carbonyl (C=O) groups is 1. The summed E-state index contributed by atoms with van der Waals surface area (Å²) in [5.41, 5.74) is 6.49. The molecule has 4 rings (SSSR count). The Kier molecular flexibility index (Phi) is 18.4. The maximum absolute atomic E-state index is 16.8. The van der Waals surface area contributed by atoms with Gasteiger partial charge in [-0.2, -0.15) is 37.9 Å². The van der Waals surface area contributed by atoms with Gasteiger partial charge in [0.1, 0.15) is 18.0 Å². The van der Waals surface area contributed by atoms with Gasteiger partial charge in [-0.1, -0.05) is 83.4 Å². The van der Waals surface area contributed by atoms with Crippen LogP contribution in [0.5, 0.6) is 5.75 Å². The lowest BCUT2D eigenvalue weighted by Crippen LogP contribution is -2.36. The molecule has 0 bridgehead atoms. The fraction of sp³-hybridized carbons (Fsp3) is 0.604. The standard InChI is InChI=1S/C48H69FO3S3/c1-7-10-11-14-35-17-19-37(20-18-35)41-22-24-44(47(6,49)30-41)43-23-21-38(27-36(43)8-2)42-28-39(15-12-25-53)45(40(29-42)16-13-26-54)51-31-48(9-3,33-55)32-52-46(50)34(4)5/h21-24,27-30,35,37,44,53-55H,4,7-20,25-26,31-33H2,1-3,5-6H3. The molecule has 0 spiro atoms. The van der Waals surface area contributed by atoms with Crippen LogP contribution in [-0.2, 0) is 28.8 Å². The highest BCUT2D eigenvalue weighted by molar-refractivity contribution is 7.80. The van der Waals surface area contributed by atoms with Gasteiger partial charge in [-0.15, -0.1) is 0 Å². The molecule has 0 aromatic heterocycles. The van der Waals surface area contributed by atoms with Gasteiger partial charge in [0.2, 0.25) is 0 Å². The highest BCUT2D eigenvalue weighted by atomic mass is 32.1. The summed E-state index contributed by atoms with van der Waals surface area (Å²) in [6.07, 6.45) is 21.6. The molecule has 1 fully saturated rings. The van der Waals surface area contributed by atoms with E-state index in [2.05, 4.69) is 108 Å². The van der Waals surface area contributed by atoms with Gasteiger partial charge in [-0.05, 0) is 159 Å². The Balaban J connectivity index is 1.61. The Morgan fingerprint density at radius 3 is 2.11 bits per heavy atom. The van der Waals surface area contributed by atoms with E-state index in [9.17, 15) is 4.79 Å². The van der Waals surface area contributed by atoms with Crippen LogP contribution in [0, 0.1) is 17.3 Å². The number of rotatable bonds is 22. The van der Waals surface area contributed by atoms with Crippen LogP contribution in [0.15, 0.2) is 66.3 Å². The molecule has 1 saturated carbocycles. The molecule has 55 heavy (non-hydrogen) atoms. The van der Waals surface area contributed by atoms with E-state index in [1.165, 1.54) is 62.5 Å². The minimum absolute atomic E-state index is 0.215. The highest BCUT2D eigenvalue weighted by Crippen LogP contribution is 2.45. The predicted octanol–water partition coefficient (Wildman–Crippen LogP) is 13.2. The molecule has 2 aromatic carbocycles. The zero-order valence-electron chi connectivity index (χ0n) is 34.4. The van der Waals surface area contributed by atoms with E-state index in [0.717, 1.165) is 89.5 Å². The molecule has 2 aliphatic rings. The van der Waals surface area contributed by atoms with Gasteiger partial charge in [0.05, 0.1) is 6.61 Å². The molecule has 0 heterocycles. The number of hydrogen-bond donors (Lipinski definition) is 3. The van der Waals surface area contributed by atoms with Gasteiger partial charge in [0, 0.05) is 22.7 Å². The van der Waals surface area contributed by atoms with Crippen molar-refractivity contribution in [2.24, 2.45) is 17.3 Å². The molecule has 304 valence electrons. The van der Waals surface area contributed by atoms with Crippen molar-refractivity contribution in [3.8, 4) is 16.9 Å². The lowest BCUT2D eigenvalue weighted by molar-refractivity contribution is -0.142. The first kappa shape index (κ1) is 45.6. The molecule has 0 saturated heterocycles. The normalized spacial score (nSPS) is 22.2. The van der Waals surface area contributed by atoms with Crippen LogP contribution in [0.25, 0.3) is 11.1 Å². The summed E-state index contributed by atoms with van der Waals surface area (Å²) in [7, 11) is 0. The van der Waals surface area contributed by atoms with Crippen molar-refractivity contribution in [3.63, 3.8) is 0 Å². The van der Waals surface area contributed by atoms with E-state index in [4.69, 9.17) is 9.47 Å². The van der Waals surface area contributed by atoms with E-state index in [1.807, 2.05) is 6.08 Å². The predicted molar refractivity (Wildman–Crippen MR) is 243 cm³/mol. The summed E-state index contributed by atoms with van der Waals surface area (Å²) < 4.78 is 29.2. The minimum atomic E-state index is -1.45. The minimum Gasteiger partial charge on any atom is -0.492 e. The van der Waals surface area contributed by atoms with E-state index < -0.39 is 17.1 Å². The number of unbranched alkanes of at least 4 members (excludes halogenated alkanes) is 2. The fourth-order valence-corrected chi connectivity index (χ4v) is 9.14. The number of thiol groups is 3. The van der Waals surface area contributed by atoms with Crippen LogP contribution >= 0.6 is 37.9 Å². The second-order valence-electron chi connectivity index (χ2n) is 16.5. The lowest BCUT2D eigenvalue weighted by Gasteiger charge is -2.35. The average Bonchev–Trinajstić information content (AvgIpc) is 3.19. The van der Waals surface area contributed by atoms with Gasteiger partial charge in [-0.25, -0.2) is 9.18 Å². The molecular formula is C48H69FO3S3. The maximum atomic E-state index is 16.8. The van der Waals surface area contributed by atoms with Crippen molar-refractivity contribution >= 4 is 43.9 Å². The largest absolute Gasteiger partial charge is 0.492 e. The topological polar surface area (TPSA) is 35.5 Å². The van der Waals surface area contributed by atoms with Gasteiger partial charge >= 0.3 is 5.97 Å². The number of hydrogen-bond acceptors (Lipinski definition) is 6. The van der Waals surface area contributed by atoms with Crippen LogP contribution in [0.3, 0.4) is 0 Å². The first-order valence-corrected chi connectivity index (χ1v) is 23.0. The first-order valence-electron chi connectivity index (χ1n) is 21.1. The summed E-state index contributed by atoms with van der Waals surface area (Å²) in [5.74, 6) is 3.55. The van der Waals surface area contributed by atoms with Crippen LogP contribution in [0.4, 0.5) is 4.39 Å². The zero-order chi connectivity index (χ0) is 40.0. The number of aryl methyl sites for hydroxylation is 3. The smallest absolute Gasteiger partial charge is 0.333 e. The highest BCUT2D eigenvalue weighted by Gasteiger charge is 2.37. The third-order valence-corrected chi connectivity index (χ3v) is 13.5. The second kappa shape index (κ2) is 22.2. The summed E-state index contributed by atoms with van der Waals surface area (Å²) in [5, 5.41) is 0. The van der Waals surface area contributed by atoms with E-state index in [-0.39, 0.29) is 12.5 Å². The molecule has 0 aliphatic heterocycles. The Bertz CT molecular complexity index is 1590. The molecule has 3 nitrogen and oxygen atoms in total. The Morgan fingerprint density at radius 1 is 0.909 bits per heavy atom. The first-order chi connectivity index (χ1) is 26.4. The van der Waals surface area contributed by atoms with E-state index >= 15 is 4.39 Å². The average molecular weight is 809 g/mol. The number of allylic oxidation sites excluding steroid dienone is 4. The van der Waals surface area contributed by atoms with Crippen molar-refractivity contribution in [1.29, 1.82) is 0 Å². The Hall–Kier alpha value is -2.09. The van der Waals surface area contributed by atoms with Gasteiger partial charge in [0.15, 0.2) is 0 Å². The Morgan fingerprint density at radius 2 is 1.56 bits per heavy atom. The van der Waals surface area contributed by atoms with Gasteiger partial charge < -0.3 is 9.47 Å². The molecule has 7 heteroatoms. The van der Waals surface area contributed by atoms with Crippen LogP contribution in [0.1, 0.15) is 133 Å². The van der Waals surface area contributed by atoms with Crippen LogP contribution in [0.2, 0.25) is 0 Å². The number of halogens is 1. The number of alkyl halides is 1. The summed E-state index contributed by atoms with van der Waals surface area (Å²) in [6.45, 7) is 14.3. The number of ether oxygens (including phenoxy) is 2. The van der Waals surface area contributed by atoms with Gasteiger partial charge in [-0.3, -0.25) is 0 Å². The molecule has 0 radical (unpaired) electrons. The molecule has 2 aliphatic carbocycles. The quantitative estimate of drug-likeness (QED) is 0.0480. The lowest BCUT2D eigenvalue weighted by atomic mass is 9.71. The number of benzene rings is 2. The zero-order valence-corrected chi connectivity index (χ0v) is 37.1. The Labute approximate surface area is 350 Å². The molecular weight excluding hydrogens is 740 g/mol. The molecule has 3 atom stereocenters. The van der Waals surface area contributed by atoms with Crippen molar-refractivity contribution in [3.05, 3.63) is 88.5 Å². The van der Waals surface area contributed by atoms with Crippen molar-refractivity contribution in [2.45, 2.75) is 136 Å². The van der Waals surface area contributed by atoms with Crippen molar-refractivity contribution < 1.29 is 18.7 Å². The number of carbonyl (C=O) groups excluding carboxylic acids is 1. The third-order valence-electron chi connectivity index (χ3n) is 12.2. The second-order valence-corrected chi connectivity index (χ2v) is 17.8. The molecule has 0 amide bonds. The SMILES string of the molecule is C=C(C)C(=O)OCC(CC)(CS)COc1c(CCCS)cc(-c2ccc(C3C=CC(C4CCC(CCCCC)CC4)=CC3(C)F)c(CC)c2)cc1CCCS. The van der Waals surface area contributed by atoms with Crippen LogP contribution in [-0.4, -0.2) is 42.1 Å². The van der Waals surface area contributed by atoms with Gasteiger partial charge in [0.25, 0.3) is 0 Å². The third kappa shape index (κ3) is 12.5. The van der Waals surface area contributed by atoms with E-state index in [1.54, 1.807) is 13.8 Å². The summed E-state index contributed by atoms with van der Waals surface area (Å²) >= 11 is 13.8.